The van der Waals surface area contributed by atoms with E-state index >= 15 is 0 Å². The molecule has 0 radical (unpaired) electrons. The van der Waals surface area contributed by atoms with E-state index in [1.165, 1.54) is 19.3 Å². The van der Waals surface area contributed by atoms with Gasteiger partial charge in [-0.1, -0.05) is 31.4 Å². The highest BCUT2D eigenvalue weighted by molar-refractivity contribution is 5.94. The molecule has 0 saturated heterocycles. The first-order valence-electron chi connectivity index (χ1n) is 8.22. The van der Waals surface area contributed by atoms with Crippen LogP contribution in [-0.2, 0) is 9.59 Å². The number of carbonyl (C=O) groups excluding carboxylic acids is 2. The molecule has 0 atom stereocenters. The largest absolute Gasteiger partial charge is 0.347 e. The molecule has 1 aliphatic carbocycles. The Labute approximate surface area is 135 Å². The summed E-state index contributed by atoms with van der Waals surface area (Å²) in [6, 6.07) is 7.55. The molecule has 0 aliphatic heterocycles. The number of nitrogens with zero attached hydrogens (tertiary/aromatic N) is 1. The molecule has 1 fully saturated rings. The van der Waals surface area contributed by atoms with Crippen molar-refractivity contribution in [1.82, 2.24) is 15.3 Å². The lowest BCUT2D eigenvalue weighted by Crippen LogP contribution is -2.34. The Kier molecular flexibility index (Phi) is 4.90. The van der Waals surface area contributed by atoms with Crippen molar-refractivity contribution in [3.8, 4) is 0 Å². The predicted octanol–water partition coefficient (Wildman–Crippen LogP) is 2.59. The number of nitrogens with one attached hydrogen (secondary N) is 3. The molecule has 6 heteroatoms. The number of imidazole rings is 1. The highest BCUT2D eigenvalue weighted by Gasteiger charge is 2.17. The van der Waals surface area contributed by atoms with E-state index < -0.39 is 0 Å². The second kappa shape index (κ2) is 7.26. The van der Waals surface area contributed by atoms with Gasteiger partial charge in [-0.25, -0.2) is 4.98 Å². The Hall–Kier alpha value is -2.37. The molecular weight excluding hydrogens is 292 g/mol. The molecule has 1 aromatic heterocycles. The summed E-state index contributed by atoms with van der Waals surface area (Å²) in [5.74, 6) is 0.553. The molecule has 23 heavy (non-hydrogen) atoms. The average molecular weight is 314 g/mol. The Morgan fingerprint density at radius 2 is 1.91 bits per heavy atom. The fourth-order valence-electron chi connectivity index (χ4n) is 3.09. The standard InChI is InChI=1S/C17H22N4O2/c22-15(10-12-6-2-1-3-7-12)18-11-16(23)21-17-19-13-8-4-5-9-14(13)20-17/h4-5,8-9,12H,1-3,6-7,10-11H2,(H,18,22)(H2,19,20,21,23). The van der Waals surface area contributed by atoms with Crippen LogP contribution in [0.4, 0.5) is 5.95 Å². The van der Waals surface area contributed by atoms with Crippen LogP contribution in [0.3, 0.4) is 0 Å². The van der Waals surface area contributed by atoms with E-state index in [9.17, 15) is 9.59 Å². The number of aromatic amines is 1. The molecule has 0 spiro atoms. The van der Waals surface area contributed by atoms with Gasteiger partial charge in [-0.2, -0.15) is 0 Å². The average Bonchev–Trinajstić information content (AvgIpc) is 2.96. The van der Waals surface area contributed by atoms with Crippen LogP contribution in [0.5, 0.6) is 0 Å². The normalized spacial score (nSPS) is 15.5. The maximum atomic E-state index is 11.9. The fraction of sp³-hybridized carbons (Fsp3) is 0.471. The Balaban J connectivity index is 1.44. The predicted molar refractivity (Wildman–Crippen MR) is 88.9 cm³/mol. The summed E-state index contributed by atoms with van der Waals surface area (Å²) in [5.41, 5.74) is 1.66. The smallest absolute Gasteiger partial charge is 0.246 e. The number of benzene rings is 1. The minimum absolute atomic E-state index is 0.0252. The molecular formula is C17H22N4O2. The van der Waals surface area contributed by atoms with Crippen molar-refractivity contribution in [2.75, 3.05) is 11.9 Å². The summed E-state index contributed by atoms with van der Waals surface area (Å²) in [5, 5.41) is 5.36. The third kappa shape index (κ3) is 4.31. The summed E-state index contributed by atoms with van der Waals surface area (Å²) in [6.07, 6.45) is 6.47. The van der Waals surface area contributed by atoms with E-state index in [0.29, 0.717) is 18.3 Å². The monoisotopic (exact) mass is 314 g/mol. The molecule has 1 aromatic carbocycles. The number of hydrogen-bond donors (Lipinski definition) is 3. The minimum atomic E-state index is -0.277. The zero-order valence-corrected chi connectivity index (χ0v) is 13.1. The first kappa shape index (κ1) is 15.5. The first-order valence-corrected chi connectivity index (χ1v) is 8.22. The van der Waals surface area contributed by atoms with Crippen LogP contribution in [0, 0.1) is 5.92 Å². The van der Waals surface area contributed by atoms with Crippen LogP contribution < -0.4 is 10.6 Å². The molecule has 1 aliphatic rings. The van der Waals surface area contributed by atoms with E-state index in [0.717, 1.165) is 23.9 Å². The van der Waals surface area contributed by atoms with Crippen molar-refractivity contribution in [1.29, 1.82) is 0 Å². The second-order valence-corrected chi connectivity index (χ2v) is 6.14. The summed E-state index contributed by atoms with van der Waals surface area (Å²) >= 11 is 0. The third-order valence-electron chi connectivity index (χ3n) is 4.29. The van der Waals surface area contributed by atoms with Crippen molar-refractivity contribution in [3.05, 3.63) is 24.3 Å². The zero-order valence-electron chi connectivity index (χ0n) is 13.1. The number of H-pyrrole nitrogens is 1. The van der Waals surface area contributed by atoms with Gasteiger partial charge in [-0.15, -0.1) is 0 Å². The molecule has 1 heterocycles. The number of aromatic nitrogens is 2. The molecule has 3 rings (SSSR count). The summed E-state index contributed by atoms with van der Waals surface area (Å²) < 4.78 is 0. The van der Waals surface area contributed by atoms with Crippen LogP contribution in [0.25, 0.3) is 11.0 Å². The topological polar surface area (TPSA) is 86.9 Å². The number of rotatable bonds is 5. The lowest BCUT2D eigenvalue weighted by atomic mass is 9.87. The van der Waals surface area contributed by atoms with Crippen LogP contribution >= 0.6 is 0 Å². The lowest BCUT2D eigenvalue weighted by molar-refractivity contribution is -0.125. The van der Waals surface area contributed by atoms with Crippen molar-refractivity contribution in [2.24, 2.45) is 5.92 Å². The Morgan fingerprint density at radius 1 is 1.13 bits per heavy atom. The van der Waals surface area contributed by atoms with Crippen LogP contribution in [-0.4, -0.2) is 28.3 Å². The number of para-hydroxylation sites is 2. The van der Waals surface area contributed by atoms with Gasteiger partial charge in [0.2, 0.25) is 17.8 Å². The number of anilines is 1. The second-order valence-electron chi connectivity index (χ2n) is 6.14. The van der Waals surface area contributed by atoms with Crippen LogP contribution in [0.2, 0.25) is 0 Å². The van der Waals surface area contributed by atoms with E-state index in [1.807, 2.05) is 24.3 Å². The molecule has 0 bridgehead atoms. The van der Waals surface area contributed by atoms with Gasteiger partial charge in [0.15, 0.2) is 0 Å². The van der Waals surface area contributed by atoms with E-state index in [1.54, 1.807) is 0 Å². The highest BCUT2D eigenvalue weighted by atomic mass is 16.2. The Morgan fingerprint density at radius 3 is 2.70 bits per heavy atom. The van der Waals surface area contributed by atoms with Gasteiger partial charge in [-0.05, 0) is 30.9 Å². The van der Waals surface area contributed by atoms with Crippen LogP contribution in [0.1, 0.15) is 38.5 Å². The maximum Gasteiger partial charge on any atom is 0.246 e. The minimum Gasteiger partial charge on any atom is -0.347 e. The van der Waals surface area contributed by atoms with Crippen molar-refractivity contribution >= 4 is 28.8 Å². The van der Waals surface area contributed by atoms with Gasteiger partial charge in [0.25, 0.3) is 0 Å². The van der Waals surface area contributed by atoms with Gasteiger partial charge < -0.3 is 10.3 Å². The molecule has 3 N–H and O–H groups in total. The maximum absolute atomic E-state index is 11.9. The summed E-state index contributed by atoms with van der Waals surface area (Å²) in [4.78, 5) is 31.1. The highest BCUT2D eigenvalue weighted by Crippen LogP contribution is 2.25. The van der Waals surface area contributed by atoms with Gasteiger partial charge in [0, 0.05) is 6.42 Å². The van der Waals surface area contributed by atoms with E-state index in [-0.39, 0.29) is 18.4 Å². The van der Waals surface area contributed by atoms with E-state index in [4.69, 9.17) is 0 Å². The zero-order chi connectivity index (χ0) is 16.1. The lowest BCUT2D eigenvalue weighted by Gasteiger charge is -2.20. The molecule has 1 saturated carbocycles. The first-order chi connectivity index (χ1) is 11.2. The van der Waals surface area contributed by atoms with Crippen molar-refractivity contribution < 1.29 is 9.59 Å². The SMILES string of the molecule is O=C(CC1CCCCC1)NCC(=O)Nc1nc2ccccc2[nH]1. The molecule has 6 nitrogen and oxygen atoms in total. The van der Waals surface area contributed by atoms with Gasteiger partial charge >= 0.3 is 0 Å². The molecule has 2 aromatic rings. The van der Waals surface area contributed by atoms with Crippen LogP contribution in [0.15, 0.2) is 24.3 Å². The quantitative estimate of drug-likeness (QED) is 0.792. The third-order valence-corrected chi connectivity index (χ3v) is 4.29. The number of carbonyl (C=O) groups is 2. The number of fused-ring (bicyclic) bond motifs is 1. The number of amides is 2. The van der Waals surface area contributed by atoms with Gasteiger partial charge in [0.05, 0.1) is 17.6 Å². The number of hydrogen-bond acceptors (Lipinski definition) is 3. The Bertz CT molecular complexity index is 656. The molecule has 122 valence electrons. The molecule has 0 unspecified atom stereocenters. The van der Waals surface area contributed by atoms with Crippen molar-refractivity contribution in [3.63, 3.8) is 0 Å². The van der Waals surface area contributed by atoms with E-state index in [2.05, 4.69) is 20.6 Å². The summed E-state index contributed by atoms with van der Waals surface area (Å²) in [6.45, 7) is -0.0252. The van der Waals surface area contributed by atoms with Gasteiger partial charge in [-0.3, -0.25) is 14.9 Å². The molecule has 2 amide bonds. The van der Waals surface area contributed by atoms with Gasteiger partial charge in [0.1, 0.15) is 0 Å². The summed E-state index contributed by atoms with van der Waals surface area (Å²) in [7, 11) is 0. The van der Waals surface area contributed by atoms with Crippen molar-refractivity contribution in [2.45, 2.75) is 38.5 Å². The fourth-order valence-corrected chi connectivity index (χ4v) is 3.09.